The van der Waals surface area contributed by atoms with E-state index in [1.807, 2.05) is 26.0 Å². The average molecular weight is 391 g/mol. The third-order valence-corrected chi connectivity index (χ3v) is 6.79. The lowest BCUT2D eigenvalue weighted by Crippen LogP contribution is -2.42. The van der Waals surface area contributed by atoms with Gasteiger partial charge in [0.1, 0.15) is 5.82 Å². The second kappa shape index (κ2) is 8.50. The van der Waals surface area contributed by atoms with E-state index < -0.39 is 10.0 Å². The van der Waals surface area contributed by atoms with Crippen molar-refractivity contribution in [2.75, 3.05) is 19.6 Å². The fourth-order valence-electron chi connectivity index (χ4n) is 3.65. The van der Waals surface area contributed by atoms with Gasteiger partial charge in [-0.2, -0.15) is 0 Å². The summed E-state index contributed by atoms with van der Waals surface area (Å²) >= 11 is 0. The number of hydrogen-bond donors (Lipinski definition) is 1. The summed E-state index contributed by atoms with van der Waals surface area (Å²) < 4.78 is 41.8. The summed E-state index contributed by atoms with van der Waals surface area (Å²) in [5.74, 6) is 0.0281. The summed E-state index contributed by atoms with van der Waals surface area (Å²) in [5.41, 5.74) is 1.72. The van der Waals surface area contributed by atoms with E-state index in [9.17, 15) is 12.8 Å². The Morgan fingerprint density at radius 1 is 1.19 bits per heavy atom. The molecule has 1 aliphatic rings. The van der Waals surface area contributed by atoms with Crippen LogP contribution in [0.4, 0.5) is 4.39 Å². The lowest BCUT2D eigenvalue weighted by Gasteiger charge is -2.37. The van der Waals surface area contributed by atoms with Gasteiger partial charge in [-0.3, -0.25) is 4.90 Å². The summed E-state index contributed by atoms with van der Waals surface area (Å²) in [6.07, 6.45) is 1.95. The Bertz CT molecular complexity index is 868. The molecule has 146 valence electrons. The molecule has 0 spiro atoms. The Labute approximate surface area is 161 Å². The zero-order valence-electron chi connectivity index (χ0n) is 15.9. The van der Waals surface area contributed by atoms with E-state index in [0.29, 0.717) is 17.0 Å². The molecule has 1 aliphatic heterocycles. The van der Waals surface area contributed by atoms with Gasteiger partial charge in [0.25, 0.3) is 0 Å². The first kappa shape index (κ1) is 20.0. The molecule has 1 fully saturated rings. The fourth-order valence-corrected chi connectivity index (χ4v) is 4.77. The number of piperidine rings is 1. The normalized spacial score (nSPS) is 19.7. The molecule has 4 nitrogen and oxygen atoms in total. The van der Waals surface area contributed by atoms with E-state index in [1.54, 1.807) is 30.3 Å². The van der Waals surface area contributed by atoms with Gasteiger partial charge in [-0.1, -0.05) is 35.9 Å². The quantitative estimate of drug-likeness (QED) is 0.814. The van der Waals surface area contributed by atoms with E-state index in [2.05, 4.69) is 9.62 Å². The summed E-state index contributed by atoms with van der Waals surface area (Å²) in [7, 11) is -3.50. The second-order valence-electron chi connectivity index (χ2n) is 7.37. The van der Waals surface area contributed by atoms with Crippen molar-refractivity contribution in [2.45, 2.75) is 37.6 Å². The predicted molar refractivity (Wildman–Crippen MR) is 105 cm³/mol. The molecule has 2 atom stereocenters. The van der Waals surface area contributed by atoms with Gasteiger partial charge < -0.3 is 0 Å². The van der Waals surface area contributed by atoms with Crippen LogP contribution in [0.1, 0.15) is 36.9 Å². The van der Waals surface area contributed by atoms with Crippen LogP contribution >= 0.6 is 0 Å². The molecule has 0 bridgehead atoms. The van der Waals surface area contributed by atoms with Crippen LogP contribution in [0.5, 0.6) is 0 Å². The van der Waals surface area contributed by atoms with E-state index in [1.165, 1.54) is 6.07 Å². The van der Waals surface area contributed by atoms with Crippen molar-refractivity contribution in [1.82, 2.24) is 9.62 Å². The SMILES string of the molecule is Cc1ccc(S(=O)(=O)NCC2CCCN(C(C)c3ccccc3F)C2)cc1. The zero-order chi connectivity index (χ0) is 19.4. The summed E-state index contributed by atoms with van der Waals surface area (Å²) in [6.45, 7) is 5.99. The van der Waals surface area contributed by atoms with Gasteiger partial charge in [-0.05, 0) is 57.4 Å². The Morgan fingerprint density at radius 2 is 1.89 bits per heavy atom. The van der Waals surface area contributed by atoms with Crippen molar-refractivity contribution in [3.63, 3.8) is 0 Å². The number of rotatable bonds is 6. The van der Waals surface area contributed by atoms with Gasteiger partial charge in [0.05, 0.1) is 4.90 Å². The molecule has 6 heteroatoms. The Morgan fingerprint density at radius 3 is 2.59 bits per heavy atom. The van der Waals surface area contributed by atoms with Crippen LogP contribution in [-0.4, -0.2) is 33.0 Å². The molecule has 1 saturated heterocycles. The lowest BCUT2D eigenvalue weighted by molar-refractivity contribution is 0.131. The standard InChI is InChI=1S/C21H27FN2O2S/c1-16-9-11-19(12-10-16)27(25,26)23-14-18-6-5-13-24(15-18)17(2)20-7-3-4-8-21(20)22/h3-4,7-12,17-18,23H,5-6,13-15H2,1-2H3. The van der Waals surface area contributed by atoms with Crippen LogP contribution in [-0.2, 0) is 10.0 Å². The van der Waals surface area contributed by atoms with Crippen molar-refractivity contribution >= 4 is 10.0 Å². The monoisotopic (exact) mass is 390 g/mol. The molecule has 0 aliphatic carbocycles. The summed E-state index contributed by atoms with van der Waals surface area (Å²) in [5, 5.41) is 0. The molecule has 0 radical (unpaired) electrons. The molecule has 2 aromatic carbocycles. The van der Waals surface area contributed by atoms with Crippen LogP contribution < -0.4 is 4.72 Å². The van der Waals surface area contributed by atoms with Crippen LogP contribution in [0.3, 0.4) is 0 Å². The maximum Gasteiger partial charge on any atom is 0.240 e. The number of halogens is 1. The first-order valence-corrected chi connectivity index (χ1v) is 10.9. The highest BCUT2D eigenvalue weighted by Crippen LogP contribution is 2.28. The molecule has 2 unspecified atom stereocenters. The molecule has 1 N–H and O–H groups in total. The first-order valence-electron chi connectivity index (χ1n) is 9.41. The van der Waals surface area contributed by atoms with Gasteiger partial charge in [0.2, 0.25) is 10.0 Å². The molecular formula is C21H27FN2O2S. The predicted octanol–water partition coefficient (Wildman–Crippen LogP) is 3.89. The number of hydrogen-bond acceptors (Lipinski definition) is 3. The number of nitrogens with one attached hydrogen (secondary N) is 1. The van der Waals surface area contributed by atoms with E-state index >= 15 is 0 Å². The van der Waals surface area contributed by atoms with Gasteiger partial charge >= 0.3 is 0 Å². The summed E-state index contributed by atoms with van der Waals surface area (Å²) in [4.78, 5) is 2.53. The number of sulfonamides is 1. The molecule has 3 rings (SSSR count). The minimum atomic E-state index is -3.50. The van der Waals surface area contributed by atoms with Crippen molar-refractivity contribution in [2.24, 2.45) is 5.92 Å². The molecule has 0 saturated carbocycles. The maximum absolute atomic E-state index is 14.1. The highest BCUT2D eigenvalue weighted by atomic mass is 32.2. The van der Waals surface area contributed by atoms with Gasteiger partial charge in [-0.25, -0.2) is 17.5 Å². The van der Waals surface area contributed by atoms with E-state index in [0.717, 1.165) is 31.5 Å². The second-order valence-corrected chi connectivity index (χ2v) is 9.13. The topological polar surface area (TPSA) is 49.4 Å². The largest absolute Gasteiger partial charge is 0.296 e. The van der Waals surface area contributed by atoms with Crippen molar-refractivity contribution < 1.29 is 12.8 Å². The van der Waals surface area contributed by atoms with Crippen molar-refractivity contribution in [1.29, 1.82) is 0 Å². The minimum Gasteiger partial charge on any atom is -0.296 e. The highest BCUT2D eigenvalue weighted by molar-refractivity contribution is 7.89. The van der Waals surface area contributed by atoms with Crippen LogP contribution in [0.2, 0.25) is 0 Å². The van der Waals surface area contributed by atoms with Crippen molar-refractivity contribution in [3.8, 4) is 0 Å². The lowest BCUT2D eigenvalue weighted by atomic mass is 9.95. The highest BCUT2D eigenvalue weighted by Gasteiger charge is 2.26. The van der Waals surface area contributed by atoms with Crippen LogP contribution in [0, 0.1) is 18.7 Å². The number of nitrogens with zero attached hydrogens (tertiary/aromatic N) is 1. The molecule has 0 aromatic heterocycles. The van der Waals surface area contributed by atoms with Gasteiger partial charge in [0.15, 0.2) is 0 Å². The number of likely N-dealkylation sites (tertiary alicyclic amines) is 1. The molecule has 0 amide bonds. The number of aryl methyl sites for hydroxylation is 1. The number of benzene rings is 2. The maximum atomic E-state index is 14.1. The third kappa shape index (κ3) is 4.94. The Kier molecular flexibility index (Phi) is 6.29. The first-order chi connectivity index (χ1) is 12.9. The molecule has 1 heterocycles. The smallest absolute Gasteiger partial charge is 0.240 e. The van der Waals surface area contributed by atoms with Crippen LogP contribution in [0.15, 0.2) is 53.4 Å². The Hall–Kier alpha value is -1.76. The summed E-state index contributed by atoms with van der Waals surface area (Å²) in [6, 6.07) is 13.7. The van der Waals surface area contributed by atoms with E-state index in [4.69, 9.17) is 0 Å². The molecular weight excluding hydrogens is 363 g/mol. The average Bonchev–Trinajstić information content (AvgIpc) is 2.67. The van der Waals surface area contributed by atoms with Gasteiger partial charge in [-0.15, -0.1) is 0 Å². The fraction of sp³-hybridized carbons (Fsp3) is 0.429. The van der Waals surface area contributed by atoms with Crippen LogP contribution in [0.25, 0.3) is 0 Å². The third-order valence-electron chi connectivity index (χ3n) is 5.35. The molecule has 2 aromatic rings. The van der Waals surface area contributed by atoms with Crippen molar-refractivity contribution in [3.05, 3.63) is 65.5 Å². The van der Waals surface area contributed by atoms with E-state index in [-0.39, 0.29) is 17.8 Å². The Balaban J connectivity index is 1.61. The molecule has 27 heavy (non-hydrogen) atoms. The minimum absolute atomic E-state index is 0.0253. The zero-order valence-corrected chi connectivity index (χ0v) is 16.7. The van der Waals surface area contributed by atoms with Gasteiger partial charge in [0, 0.05) is 24.7 Å².